The minimum Gasteiger partial charge on any atom is -0.504 e. The maximum Gasteiger partial charge on any atom is 0.283 e. The summed E-state index contributed by atoms with van der Waals surface area (Å²) in [5.41, 5.74) is 4.69. The quantitative estimate of drug-likeness (QED) is 0.384. The largest absolute Gasteiger partial charge is 0.504 e. The van der Waals surface area contributed by atoms with E-state index in [9.17, 15) is 33.6 Å². The number of carbonyl (C=O) groups excluding carboxylic acids is 1. The van der Waals surface area contributed by atoms with Crippen molar-refractivity contribution in [1.82, 2.24) is 9.19 Å². The Bertz CT molecular complexity index is 1000. The molecule has 2 aromatic rings. The number of nitrogens with two attached hydrogens (primary N) is 1. The summed E-state index contributed by atoms with van der Waals surface area (Å²) in [5.74, 6) is -2.18. The van der Waals surface area contributed by atoms with Gasteiger partial charge in [0.1, 0.15) is 30.1 Å². The number of aromatic nitrogens is 2. The maximum absolute atomic E-state index is 12.9. The van der Waals surface area contributed by atoms with Crippen molar-refractivity contribution in [2.45, 2.75) is 36.2 Å². The topological polar surface area (TPSA) is 185 Å². The van der Waals surface area contributed by atoms with Gasteiger partial charge in [0.2, 0.25) is 0 Å². The second-order valence-electron chi connectivity index (χ2n) is 6.37. The third-order valence-corrected chi connectivity index (χ3v) is 6.04. The fourth-order valence-corrected chi connectivity index (χ4v) is 4.21. The molecule has 0 spiro atoms. The summed E-state index contributed by atoms with van der Waals surface area (Å²) in [6, 6.07) is 5.65. The van der Waals surface area contributed by atoms with Crippen molar-refractivity contribution < 1.29 is 38.4 Å². The molecule has 12 heteroatoms. The standard InChI is InChI=1S/C16H19N3O8S/c1-7-2-4-8(5-3-7)28(25,26)19-11(16(17)24)13(22)10(18-19)15-14(23)12(21)9(6-20)27-15/h2-5,9,12,14-15,20-23H,6H2,1H3,(H2,17,24). The Kier molecular flexibility index (Phi) is 5.16. The van der Waals surface area contributed by atoms with E-state index in [0.29, 0.717) is 0 Å². The van der Waals surface area contributed by atoms with E-state index >= 15 is 0 Å². The highest BCUT2D eigenvalue weighted by Crippen LogP contribution is 2.39. The van der Waals surface area contributed by atoms with Crippen molar-refractivity contribution in [2.24, 2.45) is 5.73 Å². The second kappa shape index (κ2) is 7.14. The molecule has 2 heterocycles. The summed E-state index contributed by atoms with van der Waals surface area (Å²) >= 11 is 0. The zero-order valence-electron chi connectivity index (χ0n) is 14.6. The Morgan fingerprint density at radius 3 is 2.36 bits per heavy atom. The lowest BCUT2D eigenvalue weighted by Gasteiger charge is -2.12. The van der Waals surface area contributed by atoms with Crippen LogP contribution in [-0.4, -0.2) is 68.9 Å². The summed E-state index contributed by atoms with van der Waals surface area (Å²) in [6.07, 6.45) is -5.81. The van der Waals surface area contributed by atoms with E-state index in [2.05, 4.69) is 5.10 Å². The molecule has 1 amide bonds. The van der Waals surface area contributed by atoms with Crippen molar-refractivity contribution in [3.63, 3.8) is 0 Å². The van der Waals surface area contributed by atoms with Gasteiger partial charge < -0.3 is 30.9 Å². The van der Waals surface area contributed by atoms with Gasteiger partial charge in [-0.15, -0.1) is 4.09 Å². The Morgan fingerprint density at radius 1 is 1.25 bits per heavy atom. The molecule has 152 valence electrons. The van der Waals surface area contributed by atoms with Gasteiger partial charge >= 0.3 is 0 Å². The van der Waals surface area contributed by atoms with E-state index in [1.165, 1.54) is 24.3 Å². The van der Waals surface area contributed by atoms with Gasteiger partial charge in [0.25, 0.3) is 15.9 Å². The minimum atomic E-state index is -4.42. The monoisotopic (exact) mass is 413 g/mol. The van der Waals surface area contributed by atoms with Gasteiger partial charge in [0.15, 0.2) is 11.4 Å². The van der Waals surface area contributed by atoms with Crippen LogP contribution in [0.2, 0.25) is 0 Å². The van der Waals surface area contributed by atoms with Gasteiger partial charge in [-0.3, -0.25) is 4.79 Å². The summed E-state index contributed by atoms with van der Waals surface area (Å²) < 4.78 is 31.3. The molecule has 1 saturated heterocycles. The Hall–Kier alpha value is -2.51. The van der Waals surface area contributed by atoms with E-state index in [4.69, 9.17) is 10.5 Å². The zero-order valence-corrected chi connectivity index (χ0v) is 15.4. The normalized spacial score (nSPS) is 25.1. The number of amides is 1. The predicted octanol–water partition coefficient (Wildman–Crippen LogP) is -1.61. The number of rotatable bonds is 5. The van der Waals surface area contributed by atoms with Crippen LogP contribution in [-0.2, 0) is 14.8 Å². The Labute approximate surface area is 159 Å². The molecule has 28 heavy (non-hydrogen) atoms. The molecule has 0 bridgehead atoms. The van der Waals surface area contributed by atoms with Crippen LogP contribution in [0.5, 0.6) is 5.75 Å². The lowest BCUT2D eigenvalue weighted by atomic mass is 10.1. The second-order valence-corrected chi connectivity index (χ2v) is 8.13. The highest BCUT2D eigenvalue weighted by Gasteiger charge is 2.47. The number of aliphatic hydroxyl groups excluding tert-OH is 3. The number of aryl methyl sites for hydroxylation is 1. The molecule has 1 fully saturated rings. The van der Waals surface area contributed by atoms with Gasteiger partial charge in [-0.25, -0.2) is 0 Å². The SMILES string of the molecule is Cc1ccc(S(=O)(=O)n2nc(C3OC(CO)C(O)C3O)c(O)c2C(N)=O)cc1. The van der Waals surface area contributed by atoms with E-state index < -0.39 is 64.1 Å². The number of aliphatic hydroxyl groups is 3. The van der Waals surface area contributed by atoms with Crippen molar-refractivity contribution in [3.05, 3.63) is 41.2 Å². The fraction of sp³-hybridized carbons (Fsp3) is 0.375. The smallest absolute Gasteiger partial charge is 0.283 e. The molecular formula is C16H19N3O8S. The van der Waals surface area contributed by atoms with E-state index in [1.54, 1.807) is 6.92 Å². The van der Waals surface area contributed by atoms with Gasteiger partial charge in [-0.05, 0) is 19.1 Å². The van der Waals surface area contributed by atoms with Crippen LogP contribution in [0.4, 0.5) is 0 Å². The van der Waals surface area contributed by atoms with Crippen molar-refractivity contribution in [1.29, 1.82) is 0 Å². The molecule has 11 nitrogen and oxygen atoms in total. The van der Waals surface area contributed by atoms with Crippen LogP contribution < -0.4 is 5.73 Å². The highest BCUT2D eigenvalue weighted by molar-refractivity contribution is 7.90. The molecule has 0 saturated carbocycles. The van der Waals surface area contributed by atoms with Crippen molar-refractivity contribution >= 4 is 15.9 Å². The number of carbonyl (C=O) groups is 1. The number of hydrogen-bond donors (Lipinski definition) is 5. The first-order valence-electron chi connectivity index (χ1n) is 8.16. The average molecular weight is 413 g/mol. The molecule has 1 aromatic carbocycles. The molecule has 1 aliphatic heterocycles. The molecule has 4 unspecified atom stereocenters. The van der Waals surface area contributed by atoms with Crippen molar-refractivity contribution in [3.8, 4) is 5.75 Å². The first-order valence-corrected chi connectivity index (χ1v) is 9.60. The van der Waals surface area contributed by atoms with Gasteiger partial charge in [-0.2, -0.15) is 13.5 Å². The van der Waals surface area contributed by atoms with Crippen molar-refractivity contribution in [2.75, 3.05) is 6.61 Å². The number of benzene rings is 1. The number of aromatic hydroxyl groups is 1. The molecule has 4 atom stereocenters. The first-order chi connectivity index (χ1) is 13.1. The summed E-state index contributed by atoms with van der Waals surface area (Å²) in [7, 11) is -4.42. The molecular weight excluding hydrogens is 394 g/mol. The molecule has 0 aliphatic carbocycles. The first kappa shape index (κ1) is 20.2. The van der Waals surface area contributed by atoms with Gasteiger partial charge in [-0.1, -0.05) is 17.7 Å². The molecule has 1 aliphatic rings. The lowest BCUT2D eigenvalue weighted by Crippen LogP contribution is -2.32. The molecule has 6 N–H and O–H groups in total. The van der Waals surface area contributed by atoms with Crippen LogP contribution in [0.15, 0.2) is 29.2 Å². The van der Waals surface area contributed by atoms with Crippen LogP contribution in [0.25, 0.3) is 0 Å². The number of primary amides is 1. The van der Waals surface area contributed by atoms with E-state index in [-0.39, 0.29) is 8.98 Å². The molecule has 0 radical (unpaired) electrons. The van der Waals surface area contributed by atoms with Crippen LogP contribution in [0, 0.1) is 6.92 Å². The van der Waals surface area contributed by atoms with Crippen LogP contribution in [0.3, 0.4) is 0 Å². The lowest BCUT2D eigenvalue weighted by molar-refractivity contribution is -0.0245. The summed E-state index contributed by atoms with van der Waals surface area (Å²) in [4.78, 5) is 11.6. The predicted molar refractivity (Wildman–Crippen MR) is 92.9 cm³/mol. The number of nitrogens with zero attached hydrogens (tertiary/aromatic N) is 2. The van der Waals surface area contributed by atoms with Gasteiger partial charge in [0.05, 0.1) is 11.5 Å². The Morgan fingerprint density at radius 2 is 1.86 bits per heavy atom. The van der Waals surface area contributed by atoms with E-state index in [1.807, 2.05) is 0 Å². The Balaban J connectivity index is 2.15. The number of ether oxygens (including phenoxy) is 1. The molecule has 1 aromatic heterocycles. The van der Waals surface area contributed by atoms with Crippen LogP contribution in [0.1, 0.15) is 27.8 Å². The van der Waals surface area contributed by atoms with Gasteiger partial charge in [0, 0.05) is 0 Å². The maximum atomic E-state index is 12.9. The minimum absolute atomic E-state index is 0.212. The van der Waals surface area contributed by atoms with Crippen LogP contribution >= 0.6 is 0 Å². The number of hydrogen-bond acceptors (Lipinski definition) is 9. The summed E-state index contributed by atoms with van der Waals surface area (Å²) in [5, 5.41) is 43.3. The van der Waals surface area contributed by atoms with E-state index in [0.717, 1.165) is 5.56 Å². The third-order valence-electron chi connectivity index (χ3n) is 4.45. The average Bonchev–Trinajstić information content (AvgIpc) is 3.13. The third kappa shape index (κ3) is 3.14. The zero-order chi connectivity index (χ0) is 20.8. The fourth-order valence-electron chi connectivity index (χ4n) is 2.92. The molecule has 3 rings (SSSR count). The highest BCUT2D eigenvalue weighted by atomic mass is 32.2. The summed E-state index contributed by atoms with van der Waals surface area (Å²) in [6.45, 7) is 1.12.